The molecule has 2 rings (SSSR count). The van der Waals surface area contributed by atoms with Crippen molar-refractivity contribution in [3.05, 3.63) is 41.6 Å². The molecule has 1 amide bonds. The number of methoxy groups -OCH3 is 1. The van der Waals surface area contributed by atoms with Gasteiger partial charge in [-0.2, -0.15) is 13.2 Å². The molecule has 2 aromatic rings. The van der Waals surface area contributed by atoms with E-state index in [-0.39, 0.29) is 37.7 Å². The summed E-state index contributed by atoms with van der Waals surface area (Å²) in [7, 11) is 1.41. The lowest BCUT2D eigenvalue weighted by Gasteiger charge is -2.08. The zero-order valence-corrected chi connectivity index (χ0v) is 14.7. The van der Waals surface area contributed by atoms with Crippen molar-refractivity contribution in [2.24, 2.45) is 5.73 Å². The number of nitrogens with zero attached hydrogens (tertiary/aromatic N) is 2. The predicted octanol–water partition coefficient (Wildman–Crippen LogP) is 1.62. The van der Waals surface area contributed by atoms with Gasteiger partial charge in [0.15, 0.2) is 0 Å². The van der Waals surface area contributed by atoms with Gasteiger partial charge in [0, 0.05) is 25.7 Å². The number of amides is 1. The second-order valence-corrected chi connectivity index (χ2v) is 5.86. The van der Waals surface area contributed by atoms with Crippen molar-refractivity contribution < 1.29 is 27.8 Å². The second kappa shape index (κ2) is 8.87. The lowest BCUT2D eigenvalue weighted by Crippen LogP contribution is -2.26. The highest BCUT2D eigenvalue weighted by Gasteiger charge is 2.30. The van der Waals surface area contributed by atoms with Crippen LogP contribution in [-0.4, -0.2) is 40.6 Å². The molecule has 0 fully saturated rings. The number of benzene rings is 1. The minimum Gasteiger partial charge on any atom is -0.480 e. The summed E-state index contributed by atoms with van der Waals surface area (Å²) in [6.07, 6.45) is -3.20. The third kappa shape index (κ3) is 5.69. The number of halogens is 3. The largest absolute Gasteiger partial charge is 0.480 e. The minimum absolute atomic E-state index is 0.0843. The molecule has 4 N–H and O–H groups in total. The number of nitrogens with one attached hydrogen (secondary N) is 1. The summed E-state index contributed by atoms with van der Waals surface area (Å²) in [6, 6.07) is 4.53. The Kier molecular flexibility index (Phi) is 6.81. The van der Waals surface area contributed by atoms with Gasteiger partial charge < -0.3 is 20.9 Å². The average molecular weight is 386 g/mol. The molecule has 1 aromatic carbocycles. The van der Waals surface area contributed by atoms with Crippen LogP contribution in [0.4, 0.5) is 13.2 Å². The van der Waals surface area contributed by atoms with E-state index < -0.39 is 17.8 Å². The Labute approximate surface area is 153 Å². The molecule has 1 heterocycles. The summed E-state index contributed by atoms with van der Waals surface area (Å²) >= 11 is 0. The van der Waals surface area contributed by atoms with Gasteiger partial charge in [-0.3, -0.25) is 4.79 Å². The van der Waals surface area contributed by atoms with Crippen LogP contribution in [0.5, 0.6) is 5.88 Å². The van der Waals surface area contributed by atoms with Gasteiger partial charge in [-0.1, -0.05) is 0 Å². The monoisotopic (exact) mass is 386 g/mol. The number of rotatable bonds is 8. The van der Waals surface area contributed by atoms with Crippen molar-refractivity contribution in [2.75, 3.05) is 13.7 Å². The Balaban J connectivity index is 2.05. The molecule has 0 radical (unpaired) electrons. The van der Waals surface area contributed by atoms with E-state index in [9.17, 15) is 23.1 Å². The van der Waals surface area contributed by atoms with Crippen LogP contribution in [-0.2, 0) is 17.5 Å². The van der Waals surface area contributed by atoms with Gasteiger partial charge in [0.1, 0.15) is 0 Å². The van der Waals surface area contributed by atoms with Gasteiger partial charge in [-0.15, -0.1) is 5.10 Å². The molecule has 0 saturated heterocycles. The molecule has 10 heteroatoms. The Hall–Kier alpha value is -2.59. The van der Waals surface area contributed by atoms with Crippen molar-refractivity contribution in [1.29, 1.82) is 0 Å². The summed E-state index contributed by atoms with van der Waals surface area (Å²) in [5.74, 6) is -0.0241. The number of aliphatic hydroxyl groups is 1. The molecule has 148 valence electrons. The van der Waals surface area contributed by atoms with Crippen molar-refractivity contribution >= 4 is 5.91 Å². The fourth-order valence-electron chi connectivity index (χ4n) is 2.32. The van der Waals surface area contributed by atoms with Crippen LogP contribution < -0.4 is 15.8 Å². The van der Waals surface area contributed by atoms with Crippen molar-refractivity contribution in [1.82, 2.24) is 15.1 Å². The topological polar surface area (TPSA) is 102 Å². The molecule has 1 aromatic heterocycles. The van der Waals surface area contributed by atoms with E-state index >= 15 is 0 Å². The smallest absolute Gasteiger partial charge is 0.416 e. The van der Waals surface area contributed by atoms with Crippen LogP contribution in [0.25, 0.3) is 5.69 Å². The number of hydrogen-bond acceptors (Lipinski definition) is 5. The first-order chi connectivity index (χ1) is 12.7. The van der Waals surface area contributed by atoms with Gasteiger partial charge in [-0.25, -0.2) is 4.68 Å². The van der Waals surface area contributed by atoms with Gasteiger partial charge >= 0.3 is 6.18 Å². The first kappa shape index (κ1) is 20.7. The molecule has 0 spiro atoms. The summed E-state index contributed by atoms with van der Waals surface area (Å²) in [6.45, 7) is 0.211. The van der Waals surface area contributed by atoms with E-state index in [0.29, 0.717) is 11.3 Å². The molecular weight excluding hydrogens is 365 g/mol. The maximum Gasteiger partial charge on any atom is 0.416 e. The van der Waals surface area contributed by atoms with E-state index in [1.165, 1.54) is 23.9 Å². The minimum atomic E-state index is -4.41. The van der Waals surface area contributed by atoms with Crippen LogP contribution in [0, 0.1) is 0 Å². The summed E-state index contributed by atoms with van der Waals surface area (Å²) in [4.78, 5) is 11.8. The molecule has 0 aliphatic carbocycles. The number of hydrogen-bond donors (Lipinski definition) is 3. The van der Waals surface area contributed by atoms with Gasteiger partial charge in [0.2, 0.25) is 11.8 Å². The maximum absolute atomic E-state index is 12.7. The van der Waals surface area contributed by atoms with Crippen LogP contribution in [0.15, 0.2) is 30.5 Å². The van der Waals surface area contributed by atoms with Crippen LogP contribution >= 0.6 is 0 Å². The zero-order chi connectivity index (χ0) is 20.0. The normalized spacial score (nSPS) is 12.7. The molecular formula is C17H21F3N4O3. The summed E-state index contributed by atoms with van der Waals surface area (Å²) in [5.41, 5.74) is 5.51. The maximum atomic E-state index is 12.7. The van der Waals surface area contributed by atoms with Gasteiger partial charge in [0.25, 0.3) is 0 Å². The quantitative estimate of drug-likeness (QED) is 0.640. The number of aromatic nitrogens is 2. The van der Waals surface area contributed by atoms with Crippen molar-refractivity contribution in [3.8, 4) is 11.6 Å². The van der Waals surface area contributed by atoms with Gasteiger partial charge in [0.05, 0.1) is 30.0 Å². The Morgan fingerprint density at radius 1 is 1.37 bits per heavy atom. The number of ether oxygens (including phenoxy) is 1. The van der Waals surface area contributed by atoms with Gasteiger partial charge in [-0.05, 0) is 30.7 Å². The first-order valence-electron chi connectivity index (χ1n) is 8.19. The Morgan fingerprint density at radius 3 is 2.59 bits per heavy atom. The van der Waals surface area contributed by atoms with Crippen molar-refractivity contribution in [3.63, 3.8) is 0 Å². The van der Waals surface area contributed by atoms with Crippen LogP contribution in [0.1, 0.15) is 24.0 Å². The lowest BCUT2D eigenvalue weighted by molar-refractivity contribution is -0.137. The number of carbonyl (C=O) groups excluding carboxylic acids is 1. The molecule has 7 nitrogen and oxygen atoms in total. The SMILES string of the molecule is COc1nn(-c2ccc(C(F)(F)F)cc2)cc1CNC(=O)CCC(O)CN. The van der Waals surface area contributed by atoms with E-state index in [1.54, 1.807) is 6.20 Å². The van der Waals surface area contributed by atoms with Crippen LogP contribution in [0.3, 0.4) is 0 Å². The zero-order valence-electron chi connectivity index (χ0n) is 14.7. The number of carbonyl (C=O) groups is 1. The highest BCUT2D eigenvalue weighted by atomic mass is 19.4. The molecule has 27 heavy (non-hydrogen) atoms. The highest BCUT2D eigenvalue weighted by Crippen LogP contribution is 2.29. The third-order valence-electron chi connectivity index (χ3n) is 3.86. The van der Waals surface area contributed by atoms with E-state index in [0.717, 1.165) is 12.1 Å². The second-order valence-electron chi connectivity index (χ2n) is 5.86. The Bertz CT molecular complexity index is 760. The number of aliphatic hydroxyl groups excluding tert-OH is 1. The molecule has 0 aliphatic heterocycles. The molecule has 1 unspecified atom stereocenters. The Morgan fingerprint density at radius 2 is 2.04 bits per heavy atom. The molecule has 0 bridgehead atoms. The van der Waals surface area contributed by atoms with Crippen LogP contribution in [0.2, 0.25) is 0 Å². The van der Waals surface area contributed by atoms with E-state index in [2.05, 4.69) is 10.4 Å². The summed E-state index contributed by atoms with van der Waals surface area (Å²) < 4.78 is 44.5. The molecule has 1 atom stereocenters. The first-order valence-corrected chi connectivity index (χ1v) is 8.19. The lowest BCUT2D eigenvalue weighted by atomic mass is 10.2. The molecule has 0 saturated carbocycles. The number of alkyl halides is 3. The van der Waals surface area contributed by atoms with E-state index in [4.69, 9.17) is 10.5 Å². The predicted molar refractivity (Wildman–Crippen MR) is 91.3 cm³/mol. The average Bonchev–Trinajstić information content (AvgIpc) is 3.07. The molecule has 0 aliphatic rings. The van der Waals surface area contributed by atoms with E-state index in [1.807, 2.05) is 0 Å². The summed E-state index contributed by atoms with van der Waals surface area (Å²) in [5, 5.41) is 16.2. The van der Waals surface area contributed by atoms with Crippen molar-refractivity contribution in [2.45, 2.75) is 31.7 Å². The number of nitrogens with two attached hydrogens (primary N) is 1. The standard InChI is InChI=1S/C17H21F3N4O3/c1-27-16-11(9-22-15(26)7-6-14(25)8-21)10-24(23-16)13-4-2-12(3-5-13)17(18,19)20/h2-5,10,14,25H,6-9,21H2,1H3,(H,22,26). The fraction of sp³-hybridized carbons (Fsp3) is 0.412. The highest BCUT2D eigenvalue weighted by molar-refractivity contribution is 5.75. The third-order valence-corrected chi connectivity index (χ3v) is 3.86. The fourth-order valence-corrected chi connectivity index (χ4v) is 2.32.